The van der Waals surface area contributed by atoms with Crippen LogP contribution in [-0.2, 0) is 4.79 Å². The highest BCUT2D eigenvalue weighted by atomic mass is 127. The highest BCUT2D eigenvalue weighted by Gasteiger charge is 2.10. The van der Waals surface area contributed by atoms with Gasteiger partial charge in [-0.2, -0.15) is 0 Å². The van der Waals surface area contributed by atoms with E-state index >= 15 is 0 Å². The number of amides is 1. The molecule has 0 aliphatic carbocycles. The number of benzene rings is 2. The zero-order valence-corrected chi connectivity index (χ0v) is 15.2. The molecule has 0 unspecified atom stereocenters. The summed E-state index contributed by atoms with van der Waals surface area (Å²) >= 11 is 8.23. The van der Waals surface area contributed by atoms with Gasteiger partial charge >= 0.3 is 0 Å². The zero-order chi connectivity index (χ0) is 16.9. The lowest BCUT2D eigenvalue weighted by Crippen LogP contribution is -2.20. The van der Waals surface area contributed by atoms with Crippen molar-refractivity contribution in [1.82, 2.24) is 14.8 Å². The molecular formula is C16H12ClIN4O2. The topological polar surface area (TPSA) is 69.0 Å². The van der Waals surface area contributed by atoms with E-state index in [0.717, 1.165) is 9.26 Å². The number of hydrogen-bond acceptors (Lipinski definition) is 4. The Kier molecular flexibility index (Phi) is 5.31. The number of rotatable bonds is 5. The van der Waals surface area contributed by atoms with Crippen molar-refractivity contribution in [2.24, 2.45) is 0 Å². The van der Waals surface area contributed by atoms with Gasteiger partial charge in [-0.15, -0.1) is 10.2 Å². The Morgan fingerprint density at radius 2 is 1.88 bits per heavy atom. The quantitative estimate of drug-likeness (QED) is 0.599. The molecule has 24 heavy (non-hydrogen) atoms. The Morgan fingerprint density at radius 3 is 2.58 bits per heavy atom. The van der Waals surface area contributed by atoms with Crippen LogP contribution in [0.2, 0.25) is 5.02 Å². The minimum atomic E-state index is -0.249. The van der Waals surface area contributed by atoms with Gasteiger partial charge in [0.2, 0.25) is 0 Å². The van der Waals surface area contributed by atoms with E-state index in [-0.39, 0.29) is 12.5 Å². The first-order valence-corrected chi connectivity index (χ1v) is 8.40. The number of nitrogens with zero attached hydrogens (tertiary/aromatic N) is 3. The Balaban J connectivity index is 1.68. The molecule has 6 nitrogen and oxygen atoms in total. The maximum atomic E-state index is 12.0. The van der Waals surface area contributed by atoms with Gasteiger partial charge < -0.3 is 10.1 Å². The SMILES string of the molecule is O=C(COc1ccc(Cl)cc1-n1cnnc1)Nc1ccc(I)cc1. The van der Waals surface area contributed by atoms with Gasteiger partial charge in [0, 0.05) is 14.3 Å². The smallest absolute Gasteiger partial charge is 0.262 e. The Bertz CT molecular complexity index is 838. The largest absolute Gasteiger partial charge is 0.482 e. The van der Waals surface area contributed by atoms with Crippen LogP contribution in [0.3, 0.4) is 0 Å². The molecule has 0 spiro atoms. The van der Waals surface area contributed by atoms with Gasteiger partial charge in [0.1, 0.15) is 18.4 Å². The second-order valence-electron chi connectivity index (χ2n) is 4.82. The predicted molar refractivity (Wildman–Crippen MR) is 99.7 cm³/mol. The molecule has 0 bridgehead atoms. The number of halogens is 2. The van der Waals surface area contributed by atoms with E-state index in [2.05, 4.69) is 38.1 Å². The molecule has 0 radical (unpaired) electrons. The number of carbonyl (C=O) groups excluding carboxylic acids is 1. The van der Waals surface area contributed by atoms with Crippen molar-refractivity contribution in [3.8, 4) is 11.4 Å². The van der Waals surface area contributed by atoms with E-state index in [4.69, 9.17) is 16.3 Å². The number of anilines is 1. The predicted octanol–water partition coefficient (Wildman–Crippen LogP) is 3.54. The van der Waals surface area contributed by atoms with Crippen LogP contribution in [-0.4, -0.2) is 27.3 Å². The van der Waals surface area contributed by atoms with Crippen LogP contribution in [0.25, 0.3) is 5.69 Å². The van der Waals surface area contributed by atoms with Crippen molar-refractivity contribution >= 4 is 45.8 Å². The average Bonchev–Trinajstić information content (AvgIpc) is 3.10. The van der Waals surface area contributed by atoms with Crippen LogP contribution in [0.15, 0.2) is 55.1 Å². The van der Waals surface area contributed by atoms with E-state index in [1.165, 1.54) is 12.7 Å². The maximum absolute atomic E-state index is 12.0. The molecule has 0 aliphatic rings. The van der Waals surface area contributed by atoms with Crippen molar-refractivity contribution in [1.29, 1.82) is 0 Å². The molecule has 0 fully saturated rings. The molecule has 1 aromatic heterocycles. The van der Waals surface area contributed by atoms with Crippen LogP contribution in [0.5, 0.6) is 5.75 Å². The summed E-state index contributed by atoms with van der Waals surface area (Å²) in [6, 6.07) is 12.6. The van der Waals surface area contributed by atoms with E-state index in [9.17, 15) is 4.79 Å². The highest BCUT2D eigenvalue weighted by molar-refractivity contribution is 14.1. The van der Waals surface area contributed by atoms with E-state index in [0.29, 0.717) is 16.5 Å². The lowest BCUT2D eigenvalue weighted by Gasteiger charge is -2.12. The molecule has 2 aromatic carbocycles. The first-order valence-electron chi connectivity index (χ1n) is 6.94. The molecule has 0 saturated heterocycles. The number of ether oxygens (including phenoxy) is 1. The summed E-state index contributed by atoms with van der Waals surface area (Å²) in [4.78, 5) is 12.0. The van der Waals surface area contributed by atoms with Gasteiger partial charge in [0.25, 0.3) is 5.91 Å². The summed E-state index contributed by atoms with van der Waals surface area (Å²) in [5, 5.41) is 10.9. The third kappa shape index (κ3) is 4.24. The van der Waals surface area contributed by atoms with Gasteiger partial charge in [-0.05, 0) is 65.1 Å². The maximum Gasteiger partial charge on any atom is 0.262 e. The Morgan fingerprint density at radius 1 is 1.17 bits per heavy atom. The van der Waals surface area contributed by atoms with E-state index in [1.54, 1.807) is 22.8 Å². The van der Waals surface area contributed by atoms with Gasteiger partial charge in [-0.1, -0.05) is 11.6 Å². The molecular weight excluding hydrogens is 443 g/mol. The fourth-order valence-corrected chi connectivity index (χ4v) is 2.54. The van der Waals surface area contributed by atoms with Gasteiger partial charge in [0.15, 0.2) is 6.61 Å². The fraction of sp³-hybridized carbons (Fsp3) is 0.0625. The molecule has 1 N–H and O–H groups in total. The third-order valence-corrected chi connectivity index (χ3v) is 4.06. The minimum Gasteiger partial charge on any atom is -0.482 e. The summed E-state index contributed by atoms with van der Waals surface area (Å²) in [5.41, 5.74) is 1.38. The number of aromatic nitrogens is 3. The van der Waals surface area contributed by atoms with Crippen molar-refractivity contribution < 1.29 is 9.53 Å². The molecule has 3 rings (SSSR count). The van der Waals surface area contributed by atoms with Crippen molar-refractivity contribution in [3.05, 3.63) is 63.7 Å². The first kappa shape index (κ1) is 16.7. The second-order valence-corrected chi connectivity index (χ2v) is 6.51. The number of nitrogens with one attached hydrogen (secondary N) is 1. The molecule has 0 saturated carbocycles. The van der Waals surface area contributed by atoms with Crippen molar-refractivity contribution in [3.63, 3.8) is 0 Å². The lowest BCUT2D eigenvalue weighted by atomic mass is 10.3. The van der Waals surface area contributed by atoms with E-state index < -0.39 is 0 Å². The highest BCUT2D eigenvalue weighted by Crippen LogP contribution is 2.26. The van der Waals surface area contributed by atoms with E-state index in [1.807, 2.05) is 24.3 Å². The van der Waals surface area contributed by atoms with Gasteiger partial charge in [0.05, 0.1) is 5.69 Å². The summed E-state index contributed by atoms with van der Waals surface area (Å²) in [5.74, 6) is 0.262. The Hall–Kier alpha value is -2.13. The number of carbonyl (C=O) groups is 1. The minimum absolute atomic E-state index is 0.122. The summed E-state index contributed by atoms with van der Waals surface area (Å²) in [7, 11) is 0. The second kappa shape index (κ2) is 7.63. The molecule has 8 heteroatoms. The zero-order valence-electron chi connectivity index (χ0n) is 12.3. The fourth-order valence-electron chi connectivity index (χ4n) is 2.01. The lowest BCUT2D eigenvalue weighted by molar-refractivity contribution is -0.118. The van der Waals surface area contributed by atoms with Crippen LogP contribution < -0.4 is 10.1 Å². The van der Waals surface area contributed by atoms with Gasteiger partial charge in [-0.25, -0.2) is 0 Å². The monoisotopic (exact) mass is 454 g/mol. The van der Waals surface area contributed by atoms with Crippen LogP contribution in [0.4, 0.5) is 5.69 Å². The summed E-state index contributed by atoms with van der Waals surface area (Å²) in [6.07, 6.45) is 3.06. The summed E-state index contributed by atoms with van der Waals surface area (Å²) < 4.78 is 8.39. The van der Waals surface area contributed by atoms with Gasteiger partial charge in [-0.3, -0.25) is 9.36 Å². The van der Waals surface area contributed by atoms with Crippen LogP contribution in [0, 0.1) is 3.57 Å². The average molecular weight is 455 g/mol. The normalized spacial score (nSPS) is 10.4. The van der Waals surface area contributed by atoms with Crippen LogP contribution in [0.1, 0.15) is 0 Å². The molecule has 1 amide bonds. The van der Waals surface area contributed by atoms with Crippen molar-refractivity contribution in [2.45, 2.75) is 0 Å². The Labute approximate surface area is 156 Å². The van der Waals surface area contributed by atoms with Crippen molar-refractivity contribution in [2.75, 3.05) is 11.9 Å². The molecule has 3 aromatic rings. The summed E-state index contributed by atoms with van der Waals surface area (Å²) in [6.45, 7) is -0.122. The van der Waals surface area contributed by atoms with Crippen LogP contribution >= 0.6 is 34.2 Å². The third-order valence-electron chi connectivity index (χ3n) is 3.10. The number of hydrogen-bond donors (Lipinski definition) is 1. The molecule has 0 aliphatic heterocycles. The standard InChI is InChI=1S/C16H12ClIN4O2/c17-11-1-6-15(14(7-11)22-9-19-20-10-22)24-8-16(23)21-13-4-2-12(18)3-5-13/h1-7,9-10H,8H2,(H,21,23). The molecule has 1 heterocycles. The first-order chi connectivity index (χ1) is 11.6. The molecule has 122 valence electrons. The molecule has 0 atom stereocenters.